The van der Waals surface area contributed by atoms with Gasteiger partial charge in [-0.2, -0.15) is 18.3 Å². The third kappa shape index (κ3) is 3.66. The molecular weight excluding hydrogens is 399 g/mol. The summed E-state index contributed by atoms with van der Waals surface area (Å²) in [5, 5.41) is 7.99. The average Bonchev–Trinajstić information content (AvgIpc) is 3.32. The van der Waals surface area contributed by atoms with E-state index in [4.69, 9.17) is 4.52 Å². The van der Waals surface area contributed by atoms with Gasteiger partial charge in [0.2, 0.25) is 0 Å². The molecule has 1 aliphatic heterocycles. The molecule has 10 heteroatoms. The molecule has 0 N–H and O–H groups in total. The zero-order chi connectivity index (χ0) is 21.6. The Morgan fingerprint density at radius 1 is 1.33 bits per heavy atom. The van der Waals surface area contributed by atoms with Crippen LogP contribution in [0, 0.1) is 0 Å². The summed E-state index contributed by atoms with van der Waals surface area (Å²) in [6.45, 7) is 4.31. The Morgan fingerprint density at radius 3 is 2.73 bits per heavy atom. The molecular formula is C20H22F3N5O2. The van der Waals surface area contributed by atoms with Gasteiger partial charge in [0.05, 0.1) is 16.6 Å². The molecule has 0 saturated carbocycles. The lowest BCUT2D eigenvalue weighted by Crippen LogP contribution is -2.39. The molecule has 0 spiro atoms. The average molecular weight is 421 g/mol. The van der Waals surface area contributed by atoms with Gasteiger partial charge in [0.25, 0.3) is 11.6 Å². The minimum absolute atomic E-state index is 0.107. The fourth-order valence-corrected chi connectivity index (χ4v) is 3.87. The Morgan fingerprint density at radius 2 is 2.10 bits per heavy atom. The monoisotopic (exact) mass is 421 g/mol. The van der Waals surface area contributed by atoms with Gasteiger partial charge in [0, 0.05) is 37.9 Å². The van der Waals surface area contributed by atoms with Gasteiger partial charge in [-0.3, -0.25) is 9.48 Å². The molecule has 1 fully saturated rings. The van der Waals surface area contributed by atoms with Crippen LogP contribution < -0.4 is 0 Å². The number of alkyl halides is 3. The van der Waals surface area contributed by atoms with E-state index in [2.05, 4.69) is 15.2 Å². The zero-order valence-electron chi connectivity index (χ0n) is 16.9. The van der Waals surface area contributed by atoms with Crippen LogP contribution in [0.3, 0.4) is 0 Å². The molecule has 0 aromatic carbocycles. The largest absolute Gasteiger partial charge is 0.417 e. The maximum Gasteiger partial charge on any atom is 0.417 e. The number of fused-ring (bicyclic) bond motifs is 1. The molecule has 0 radical (unpaired) electrons. The summed E-state index contributed by atoms with van der Waals surface area (Å²) in [6, 6.07) is 2.70. The Balaban J connectivity index is 1.71. The molecule has 4 heterocycles. The van der Waals surface area contributed by atoms with Crippen molar-refractivity contribution in [1.82, 2.24) is 24.8 Å². The predicted molar refractivity (Wildman–Crippen MR) is 102 cm³/mol. The zero-order valence-corrected chi connectivity index (χ0v) is 16.9. The van der Waals surface area contributed by atoms with Crippen LogP contribution in [0.1, 0.15) is 66.0 Å². The van der Waals surface area contributed by atoms with Crippen molar-refractivity contribution in [2.24, 2.45) is 7.05 Å². The first kappa shape index (κ1) is 20.4. The number of nitrogens with zero attached hydrogens (tertiary/aromatic N) is 5. The molecule has 0 unspecified atom stereocenters. The highest BCUT2D eigenvalue weighted by atomic mass is 19.4. The second-order valence-corrected chi connectivity index (χ2v) is 7.96. The van der Waals surface area contributed by atoms with Gasteiger partial charge in [0.1, 0.15) is 5.69 Å². The summed E-state index contributed by atoms with van der Waals surface area (Å²) in [4.78, 5) is 18.6. The number of amides is 1. The van der Waals surface area contributed by atoms with E-state index in [0.29, 0.717) is 30.8 Å². The minimum Gasteiger partial charge on any atom is -0.337 e. The second kappa shape index (κ2) is 7.41. The number of carbonyl (C=O) groups is 1. The van der Waals surface area contributed by atoms with Gasteiger partial charge in [-0.15, -0.1) is 0 Å². The predicted octanol–water partition coefficient (Wildman–Crippen LogP) is 4.12. The third-order valence-corrected chi connectivity index (χ3v) is 5.42. The smallest absolute Gasteiger partial charge is 0.337 e. The normalized spacial score (nSPS) is 17.8. The number of hydrogen-bond donors (Lipinski definition) is 0. The fourth-order valence-electron chi connectivity index (χ4n) is 3.87. The van der Waals surface area contributed by atoms with E-state index < -0.39 is 11.7 Å². The van der Waals surface area contributed by atoms with Crippen molar-refractivity contribution in [3.05, 3.63) is 41.0 Å². The van der Waals surface area contributed by atoms with Crippen molar-refractivity contribution >= 4 is 17.0 Å². The van der Waals surface area contributed by atoms with E-state index in [1.54, 1.807) is 38.1 Å². The highest BCUT2D eigenvalue weighted by Crippen LogP contribution is 2.40. The van der Waals surface area contributed by atoms with Gasteiger partial charge in [-0.25, -0.2) is 4.98 Å². The van der Waals surface area contributed by atoms with Crippen LogP contribution in [0.2, 0.25) is 0 Å². The van der Waals surface area contributed by atoms with Crippen LogP contribution in [-0.2, 0) is 13.2 Å². The van der Waals surface area contributed by atoms with Crippen LogP contribution in [0.25, 0.3) is 11.1 Å². The fraction of sp³-hybridized carbons (Fsp3) is 0.500. The summed E-state index contributed by atoms with van der Waals surface area (Å²) in [5.74, 6) is -0.810. The number of pyridine rings is 1. The van der Waals surface area contributed by atoms with Crippen LogP contribution >= 0.6 is 0 Å². The van der Waals surface area contributed by atoms with Crippen molar-refractivity contribution < 1.29 is 22.5 Å². The lowest BCUT2D eigenvalue weighted by molar-refractivity contribution is -0.136. The number of carbonyl (C=O) groups excluding carboxylic acids is 1. The first-order valence-electron chi connectivity index (χ1n) is 9.81. The lowest BCUT2D eigenvalue weighted by atomic mass is 9.91. The summed E-state index contributed by atoms with van der Waals surface area (Å²) in [5.41, 5.74) is -0.0912. The summed E-state index contributed by atoms with van der Waals surface area (Å²) in [7, 11) is 1.72. The first-order valence-corrected chi connectivity index (χ1v) is 9.81. The number of halogens is 3. The number of aromatic nitrogens is 4. The molecule has 160 valence electrons. The van der Waals surface area contributed by atoms with Crippen molar-refractivity contribution in [1.29, 1.82) is 0 Å². The number of aryl methyl sites for hydroxylation is 1. The van der Waals surface area contributed by atoms with E-state index in [0.717, 1.165) is 6.07 Å². The third-order valence-electron chi connectivity index (χ3n) is 5.42. The number of piperidine rings is 1. The summed E-state index contributed by atoms with van der Waals surface area (Å²) >= 11 is 0. The van der Waals surface area contributed by atoms with E-state index in [9.17, 15) is 18.0 Å². The first-order chi connectivity index (χ1) is 14.1. The molecule has 3 aromatic heterocycles. The molecule has 3 aromatic rings. The number of hydrogen-bond acceptors (Lipinski definition) is 5. The van der Waals surface area contributed by atoms with Gasteiger partial charge in [-0.1, -0.05) is 19.0 Å². The van der Waals surface area contributed by atoms with Crippen molar-refractivity contribution in [3.63, 3.8) is 0 Å². The highest BCUT2D eigenvalue weighted by molar-refractivity contribution is 5.92. The van der Waals surface area contributed by atoms with Gasteiger partial charge in [-0.05, 0) is 30.9 Å². The lowest BCUT2D eigenvalue weighted by Gasteiger charge is -2.31. The maximum atomic E-state index is 13.8. The van der Waals surface area contributed by atoms with E-state index in [1.807, 2.05) is 0 Å². The quantitative estimate of drug-likeness (QED) is 0.636. The Bertz CT molecular complexity index is 1090. The van der Waals surface area contributed by atoms with Gasteiger partial charge >= 0.3 is 6.18 Å². The van der Waals surface area contributed by atoms with Crippen LogP contribution in [-0.4, -0.2) is 43.8 Å². The van der Waals surface area contributed by atoms with E-state index in [1.165, 1.54) is 4.68 Å². The SMILES string of the molecule is CC(C)c1cc(C(F)(F)F)c2c([C@@H]3CCCN(C(=O)c4ccn(C)n4)C3)noc2n1. The molecule has 0 bridgehead atoms. The molecule has 1 atom stereocenters. The number of likely N-dealkylation sites (tertiary alicyclic amines) is 1. The molecule has 4 rings (SSSR count). The molecule has 1 amide bonds. The van der Waals surface area contributed by atoms with Crippen molar-refractivity contribution in [2.75, 3.05) is 13.1 Å². The van der Waals surface area contributed by atoms with Crippen LogP contribution in [0.4, 0.5) is 13.2 Å². The highest BCUT2D eigenvalue weighted by Gasteiger charge is 2.38. The molecule has 1 saturated heterocycles. The molecule has 0 aliphatic carbocycles. The maximum absolute atomic E-state index is 13.8. The standard InChI is InChI=1S/C20H22F3N5O2/c1-11(2)15-9-13(20(21,22)23)16-17(26-30-18(16)24-15)12-5-4-7-28(10-12)19(29)14-6-8-27(3)25-14/h6,8-9,11-12H,4-5,7,10H2,1-3H3/t12-/m1/s1. The Labute approximate surface area is 170 Å². The number of rotatable bonds is 3. The van der Waals surface area contributed by atoms with Crippen LogP contribution in [0.5, 0.6) is 0 Å². The summed E-state index contributed by atoms with van der Waals surface area (Å²) < 4.78 is 48.3. The molecule has 30 heavy (non-hydrogen) atoms. The molecule has 7 nitrogen and oxygen atoms in total. The van der Waals surface area contributed by atoms with Crippen molar-refractivity contribution in [2.45, 2.75) is 44.7 Å². The van der Waals surface area contributed by atoms with Crippen LogP contribution in [0.15, 0.2) is 22.9 Å². The van der Waals surface area contributed by atoms with E-state index >= 15 is 0 Å². The summed E-state index contributed by atoms with van der Waals surface area (Å²) in [6.07, 6.45) is -1.63. The van der Waals surface area contributed by atoms with E-state index in [-0.39, 0.29) is 41.1 Å². The molecule has 1 aliphatic rings. The van der Waals surface area contributed by atoms with Crippen molar-refractivity contribution in [3.8, 4) is 0 Å². The topological polar surface area (TPSA) is 77.0 Å². The minimum atomic E-state index is -4.57. The Kier molecular flexibility index (Phi) is 5.03. The second-order valence-electron chi connectivity index (χ2n) is 7.96. The van der Waals surface area contributed by atoms with Gasteiger partial charge in [0.15, 0.2) is 0 Å². The van der Waals surface area contributed by atoms with Gasteiger partial charge < -0.3 is 9.42 Å². The Hall–Kier alpha value is -2.91.